The van der Waals surface area contributed by atoms with Crippen molar-refractivity contribution >= 4 is 39.2 Å². The van der Waals surface area contributed by atoms with E-state index in [1.165, 1.54) is 11.8 Å². The van der Waals surface area contributed by atoms with Crippen molar-refractivity contribution in [1.82, 2.24) is 9.88 Å². The van der Waals surface area contributed by atoms with Gasteiger partial charge in [-0.2, -0.15) is 0 Å². The number of carbonyl (C=O) groups excluding carboxylic acids is 1. The first-order chi connectivity index (χ1) is 13.7. The zero-order valence-electron chi connectivity index (χ0n) is 15.9. The van der Waals surface area contributed by atoms with Gasteiger partial charge in [-0.05, 0) is 42.7 Å². The molecular formula is C21H22N2O3S2. The summed E-state index contributed by atoms with van der Waals surface area (Å²) in [6, 6.07) is 14.1. The molecule has 1 aromatic heterocycles. The Morgan fingerprint density at radius 3 is 2.82 bits per heavy atom. The Kier molecular flexibility index (Phi) is 5.73. The summed E-state index contributed by atoms with van der Waals surface area (Å²) in [7, 11) is 3.26. The van der Waals surface area contributed by atoms with E-state index in [1.54, 1.807) is 25.6 Å². The van der Waals surface area contributed by atoms with E-state index >= 15 is 0 Å². The maximum Gasteiger partial charge on any atom is 0.233 e. The summed E-state index contributed by atoms with van der Waals surface area (Å²) >= 11 is 3.16. The van der Waals surface area contributed by atoms with Gasteiger partial charge in [0, 0.05) is 6.54 Å². The second-order valence-electron chi connectivity index (χ2n) is 6.60. The Morgan fingerprint density at radius 1 is 1.21 bits per heavy atom. The summed E-state index contributed by atoms with van der Waals surface area (Å²) in [5, 5.41) is 0. The Bertz CT molecular complexity index is 956. The maximum absolute atomic E-state index is 12.9. The number of ether oxygens (including phenoxy) is 2. The number of methoxy groups -OCH3 is 2. The van der Waals surface area contributed by atoms with E-state index in [0.29, 0.717) is 17.3 Å². The molecule has 1 saturated heterocycles. The number of hydrogen-bond donors (Lipinski definition) is 0. The van der Waals surface area contributed by atoms with Crippen molar-refractivity contribution in [1.29, 1.82) is 0 Å². The average Bonchev–Trinajstić information content (AvgIpc) is 3.38. The van der Waals surface area contributed by atoms with Crippen molar-refractivity contribution < 1.29 is 14.3 Å². The first kappa shape index (κ1) is 19.1. The van der Waals surface area contributed by atoms with Gasteiger partial charge in [-0.3, -0.25) is 4.79 Å². The van der Waals surface area contributed by atoms with E-state index in [9.17, 15) is 4.79 Å². The highest BCUT2D eigenvalue weighted by molar-refractivity contribution is 8.01. The van der Waals surface area contributed by atoms with Gasteiger partial charge >= 0.3 is 0 Å². The number of fused-ring (bicyclic) bond motifs is 1. The molecule has 1 amide bonds. The third-order valence-electron chi connectivity index (χ3n) is 4.96. The van der Waals surface area contributed by atoms with Crippen LogP contribution in [-0.4, -0.2) is 42.3 Å². The molecule has 3 aromatic rings. The molecule has 1 aliphatic heterocycles. The smallest absolute Gasteiger partial charge is 0.233 e. The van der Waals surface area contributed by atoms with Crippen molar-refractivity contribution in [2.24, 2.45) is 0 Å². The molecule has 146 valence electrons. The van der Waals surface area contributed by atoms with E-state index in [2.05, 4.69) is 11.1 Å². The van der Waals surface area contributed by atoms with E-state index in [4.69, 9.17) is 9.47 Å². The first-order valence-electron chi connectivity index (χ1n) is 9.19. The van der Waals surface area contributed by atoms with Crippen LogP contribution in [0.15, 0.2) is 46.8 Å². The lowest BCUT2D eigenvalue weighted by Crippen LogP contribution is -2.31. The fourth-order valence-electron chi connectivity index (χ4n) is 3.59. The summed E-state index contributed by atoms with van der Waals surface area (Å²) in [4.78, 5) is 19.5. The quantitative estimate of drug-likeness (QED) is 0.544. The molecule has 5 nitrogen and oxygen atoms in total. The predicted molar refractivity (Wildman–Crippen MR) is 114 cm³/mol. The van der Waals surface area contributed by atoms with E-state index < -0.39 is 0 Å². The Hall–Kier alpha value is -2.25. The van der Waals surface area contributed by atoms with Crippen molar-refractivity contribution in [2.75, 3.05) is 26.5 Å². The van der Waals surface area contributed by atoms with Crippen molar-refractivity contribution in [3.05, 3.63) is 48.0 Å². The Labute approximate surface area is 172 Å². The maximum atomic E-state index is 12.9. The number of aromatic nitrogens is 1. The van der Waals surface area contributed by atoms with Crippen molar-refractivity contribution in [2.45, 2.75) is 23.2 Å². The first-order valence-corrected chi connectivity index (χ1v) is 11.0. The van der Waals surface area contributed by atoms with Gasteiger partial charge < -0.3 is 14.4 Å². The van der Waals surface area contributed by atoms with Crippen LogP contribution in [0, 0.1) is 0 Å². The zero-order chi connectivity index (χ0) is 19.5. The molecule has 1 aliphatic rings. The second-order valence-corrected chi connectivity index (χ2v) is 8.85. The van der Waals surface area contributed by atoms with Crippen LogP contribution in [-0.2, 0) is 4.79 Å². The molecule has 1 fully saturated rings. The lowest BCUT2D eigenvalue weighted by atomic mass is 10.0. The summed E-state index contributed by atoms with van der Waals surface area (Å²) in [6.07, 6.45) is 1.98. The van der Waals surface area contributed by atoms with Crippen LogP contribution in [0.4, 0.5) is 0 Å². The van der Waals surface area contributed by atoms with Gasteiger partial charge in [-0.25, -0.2) is 4.98 Å². The van der Waals surface area contributed by atoms with Gasteiger partial charge in [0.05, 0.1) is 36.2 Å². The predicted octanol–water partition coefficient (Wildman–Crippen LogP) is 4.77. The molecule has 0 bridgehead atoms. The molecule has 2 heterocycles. The number of nitrogens with zero attached hydrogens (tertiary/aromatic N) is 2. The molecule has 0 N–H and O–H groups in total. The SMILES string of the molecule is COc1ccc(C2CCCN2C(=O)CSc2nc3ccccc3s2)cc1OC. The van der Waals surface area contributed by atoms with Crippen LogP contribution >= 0.6 is 23.1 Å². The highest BCUT2D eigenvalue weighted by Gasteiger charge is 2.30. The van der Waals surface area contributed by atoms with Gasteiger partial charge in [-0.15, -0.1) is 11.3 Å². The molecular weight excluding hydrogens is 392 g/mol. The minimum Gasteiger partial charge on any atom is -0.493 e. The van der Waals surface area contributed by atoms with E-state index in [0.717, 1.165) is 39.5 Å². The number of benzene rings is 2. The largest absolute Gasteiger partial charge is 0.493 e. The van der Waals surface area contributed by atoms with Crippen LogP contribution < -0.4 is 9.47 Å². The lowest BCUT2D eigenvalue weighted by molar-refractivity contribution is -0.129. The van der Waals surface area contributed by atoms with Crippen molar-refractivity contribution in [3.63, 3.8) is 0 Å². The van der Waals surface area contributed by atoms with Crippen LogP contribution in [0.25, 0.3) is 10.2 Å². The zero-order valence-corrected chi connectivity index (χ0v) is 17.5. The topological polar surface area (TPSA) is 51.7 Å². The Balaban J connectivity index is 1.46. The number of thioether (sulfide) groups is 1. The van der Waals surface area contributed by atoms with E-state index in [1.807, 2.05) is 41.3 Å². The molecule has 4 rings (SSSR count). The minimum absolute atomic E-state index is 0.0864. The van der Waals surface area contributed by atoms with Crippen LogP contribution in [0.1, 0.15) is 24.4 Å². The standard InChI is InChI=1S/C21H22N2O3S2/c1-25-17-10-9-14(12-18(17)26-2)16-7-5-11-23(16)20(24)13-27-21-22-15-6-3-4-8-19(15)28-21/h3-4,6,8-10,12,16H,5,7,11,13H2,1-2H3. The molecule has 0 saturated carbocycles. The third-order valence-corrected chi connectivity index (χ3v) is 7.12. The third kappa shape index (κ3) is 3.82. The molecule has 0 aliphatic carbocycles. The van der Waals surface area contributed by atoms with Crippen LogP contribution in [0.2, 0.25) is 0 Å². The van der Waals surface area contributed by atoms with Crippen LogP contribution in [0.5, 0.6) is 11.5 Å². The highest BCUT2D eigenvalue weighted by atomic mass is 32.2. The molecule has 1 unspecified atom stereocenters. The molecule has 0 spiro atoms. The summed E-state index contributed by atoms with van der Waals surface area (Å²) in [5.74, 6) is 1.96. The van der Waals surface area contributed by atoms with Gasteiger partial charge in [0.1, 0.15) is 0 Å². The molecule has 7 heteroatoms. The number of hydrogen-bond acceptors (Lipinski definition) is 6. The normalized spacial score (nSPS) is 16.5. The highest BCUT2D eigenvalue weighted by Crippen LogP contribution is 2.37. The fraction of sp³-hybridized carbons (Fsp3) is 0.333. The van der Waals surface area contributed by atoms with Crippen molar-refractivity contribution in [3.8, 4) is 11.5 Å². The molecule has 2 aromatic carbocycles. The van der Waals surface area contributed by atoms with Gasteiger partial charge in [0.2, 0.25) is 5.91 Å². The van der Waals surface area contributed by atoms with Crippen LogP contribution in [0.3, 0.4) is 0 Å². The molecule has 28 heavy (non-hydrogen) atoms. The van der Waals surface area contributed by atoms with E-state index in [-0.39, 0.29) is 11.9 Å². The summed E-state index contributed by atoms with van der Waals surface area (Å²) in [5.41, 5.74) is 2.08. The van der Waals surface area contributed by atoms with Gasteiger partial charge in [-0.1, -0.05) is 30.0 Å². The summed E-state index contributed by atoms with van der Waals surface area (Å²) in [6.45, 7) is 0.790. The fourth-order valence-corrected chi connectivity index (χ4v) is 5.55. The number of para-hydroxylation sites is 1. The lowest BCUT2D eigenvalue weighted by Gasteiger charge is -2.25. The number of likely N-dealkylation sites (tertiary alicyclic amines) is 1. The molecule has 1 atom stereocenters. The molecule has 0 radical (unpaired) electrons. The second kappa shape index (κ2) is 8.41. The summed E-state index contributed by atoms with van der Waals surface area (Å²) < 4.78 is 12.8. The van der Waals surface area contributed by atoms with Gasteiger partial charge in [0.25, 0.3) is 0 Å². The Morgan fingerprint density at radius 2 is 2.04 bits per heavy atom. The minimum atomic E-state index is 0.0864. The number of rotatable bonds is 6. The number of carbonyl (C=O) groups is 1. The number of amides is 1. The average molecular weight is 415 g/mol. The monoisotopic (exact) mass is 414 g/mol. The number of thiazole rings is 1. The van der Waals surface area contributed by atoms with Gasteiger partial charge in [0.15, 0.2) is 15.8 Å².